The highest BCUT2D eigenvalue weighted by Crippen LogP contribution is 2.27. The molecule has 5 nitrogen and oxygen atoms in total. The maximum Gasteiger partial charge on any atom is 0.243 e. The number of benzene rings is 1. The molecule has 1 heterocycles. The maximum atomic E-state index is 12.3. The fraction of sp³-hybridized carbons (Fsp3) is 0.455. The summed E-state index contributed by atoms with van der Waals surface area (Å²) in [5.41, 5.74) is 5.91. The van der Waals surface area contributed by atoms with Crippen molar-refractivity contribution in [1.29, 1.82) is 0 Å². The van der Waals surface area contributed by atoms with E-state index in [1.807, 2.05) is 0 Å². The van der Waals surface area contributed by atoms with Crippen LogP contribution in [0.2, 0.25) is 5.02 Å². The number of aliphatic hydroxyl groups is 1. The number of hydrogen-bond acceptors (Lipinski definition) is 4. The van der Waals surface area contributed by atoms with Crippen LogP contribution in [-0.4, -0.2) is 37.5 Å². The fourth-order valence-electron chi connectivity index (χ4n) is 1.98. The predicted molar refractivity (Wildman–Crippen MR) is 69.8 cm³/mol. The van der Waals surface area contributed by atoms with Gasteiger partial charge in [0.25, 0.3) is 0 Å². The van der Waals surface area contributed by atoms with Crippen molar-refractivity contribution in [3.05, 3.63) is 23.2 Å². The van der Waals surface area contributed by atoms with Gasteiger partial charge < -0.3 is 10.8 Å². The van der Waals surface area contributed by atoms with Gasteiger partial charge in [-0.15, -0.1) is 0 Å². The first-order valence-electron chi connectivity index (χ1n) is 5.61. The number of aliphatic hydroxyl groups excluding tert-OH is 1. The van der Waals surface area contributed by atoms with Crippen molar-refractivity contribution in [2.45, 2.75) is 11.3 Å². The quantitative estimate of drug-likeness (QED) is 0.811. The SMILES string of the molecule is Nc1ccc(S(=O)(=O)N2CCC(CO)C2)cc1Cl. The van der Waals surface area contributed by atoms with Crippen LogP contribution in [0.25, 0.3) is 0 Å². The van der Waals surface area contributed by atoms with Gasteiger partial charge in [0.1, 0.15) is 0 Å². The lowest BCUT2D eigenvalue weighted by molar-refractivity contribution is 0.233. The zero-order valence-electron chi connectivity index (χ0n) is 9.71. The molecule has 7 heteroatoms. The van der Waals surface area contributed by atoms with Gasteiger partial charge in [-0.1, -0.05) is 11.6 Å². The molecule has 0 saturated carbocycles. The minimum atomic E-state index is -3.54. The summed E-state index contributed by atoms with van der Waals surface area (Å²) in [4.78, 5) is 0.139. The second-order valence-corrected chi connectivity index (χ2v) is 6.73. The zero-order chi connectivity index (χ0) is 13.3. The molecule has 0 aromatic heterocycles. The highest BCUT2D eigenvalue weighted by molar-refractivity contribution is 7.89. The van der Waals surface area contributed by atoms with Crippen molar-refractivity contribution in [1.82, 2.24) is 4.31 Å². The molecule has 0 amide bonds. The van der Waals surface area contributed by atoms with Crippen LogP contribution in [0.5, 0.6) is 0 Å². The normalized spacial score (nSPS) is 21.3. The molecule has 0 bridgehead atoms. The molecular weight excluding hydrogens is 276 g/mol. The molecule has 1 aliphatic heterocycles. The van der Waals surface area contributed by atoms with Crippen LogP contribution in [0.4, 0.5) is 5.69 Å². The lowest BCUT2D eigenvalue weighted by Gasteiger charge is -2.16. The van der Waals surface area contributed by atoms with Crippen molar-refractivity contribution >= 4 is 27.3 Å². The Morgan fingerprint density at radius 1 is 1.50 bits per heavy atom. The van der Waals surface area contributed by atoms with E-state index in [2.05, 4.69) is 0 Å². The highest BCUT2D eigenvalue weighted by atomic mass is 35.5. The summed E-state index contributed by atoms with van der Waals surface area (Å²) in [6.45, 7) is 0.783. The van der Waals surface area contributed by atoms with Crippen LogP contribution >= 0.6 is 11.6 Å². The Balaban J connectivity index is 2.28. The molecule has 100 valence electrons. The van der Waals surface area contributed by atoms with E-state index < -0.39 is 10.0 Å². The Bertz CT molecular complexity index is 547. The summed E-state index contributed by atoms with van der Waals surface area (Å²) in [7, 11) is -3.54. The van der Waals surface area contributed by atoms with Gasteiger partial charge >= 0.3 is 0 Å². The van der Waals surface area contributed by atoms with E-state index in [-0.39, 0.29) is 22.4 Å². The summed E-state index contributed by atoms with van der Waals surface area (Å²) < 4.78 is 26.0. The summed E-state index contributed by atoms with van der Waals surface area (Å²) in [6.07, 6.45) is 0.679. The van der Waals surface area contributed by atoms with E-state index in [9.17, 15) is 8.42 Å². The third-order valence-corrected chi connectivity index (χ3v) is 5.30. The van der Waals surface area contributed by atoms with Gasteiger partial charge in [-0.05, 0) is 30.5 Å². The van der Waals surface area contributed by atoms with Gasteiger partial charge in [0.2, 0.25) is 10.0 Å². The molecule has 1 saturated heterocycles. The number of hydrogen-bond donors (Lipinski definition) is 2. The second kappa shape index (κ2) is 5.05. The van der Waals surface area contributed by atoms with Crippen molar-refractivity contribution in [2.24, 2.45) is 5.92 Å². The minimum Gasteiger partial charge on any atom is -0.398 e. The molecule has 0 aliphatic carbocycles. The van der Waals surface area contributed by atoms with Gasteiger partial charge in [0.15, 0.2) is 0 Å². The lowest BCUT2D eigenvalue weighted by Crippen LogP contribution is -2.29. The first kappa shape index (κ1) is 13.6. The minimum absolute atomic E-state index is 0.00845. The van der Waals surface area contributed by atoms with E-state index in [4.69, 9.17) is 22.4 Å². The van der Waals surface area contributed by atoms with Gasteiger partial charge in [0, 0.05) is 19.7 Å². The number of anilines is 1. The predicted octanol–water partition coefficient (Wildman–Crippen LogP) is 0.925. The standard InChI is InChI=1S/C11H15ClN2O3S/c12-10-5-9(1-2-11(10)13)18(16,17)14-4-3-8(6-14)7-15/h1-2,5,8,15H,3-4,6-7,13H2. The Hall–Kier alpha value is -0.820. The van der Waals surface area contributed by atoms with Crippen molar-refractivity contribution in [3.63, 3.8) is 0 Å². The average Bonchev–Trinajstić information content (AvgIpc) is 2.81. The van der Waals surface area contributed by atoms with Crippen LogP contribution < -0.4 is 5.73 Å². The molecule has 0 radical (unpaired) electrons. The largest absolute Gasteiger partial charge is 0.398 e. The molecule has 1 aliphatic rings. The molecule has 1 aromatic rings. The van der Waals surface area contributed by atoms with Crippen LogP contribution in [0, 0.1) is 5.92 Å². The van der Waals surface area contributed by atoms with E-state index >= 15 is 0 Å². The number of halogens is 1. The Kier molecular flexibility index (Phi) is 3.82. The fourth-order valence-corrected chi connectivity index (χ4v) is 3.78. The third-order valence-electron chi connectivity index (χ3n) is 3.12. The molecule has 2 rings (SSSR count). The zero-order valence-corrected chi connectivity index (χ0v) is 11.3. The van der Waals surface area contributed by atoms with Crippen molar-refractivity contribution in [3.8, 4) is 0 Å². The molecular formula is C11H15ClN2O3S. The monoisotopic (exact) mass is 290 g/mol. The number of sulfonamides is 1. The molecule has 1 aromatic carbocycles. The maximum absolute atomic E-state index is 12.3. The number of nitrogens with two attached hydrogens (primary N) is 1. The highest BCUT2D eigenvalue weighted by Gasteiger charge is 2.32. The van der Waals surface area contributed by atoms with E-state index in [0.29, 0.717) is 25.2 Å². The molecule has 1 atom stereocenters. The van der Waals surface area contributed by atoms with E-state index in [1.165, 1.54) is 22.5 Å². The smallest absolute Gasteiger partial charge is 0.243 e. The average molecular weight is 291 g/mol. The van der Waals surface area contributed by atoms with Crippen molar-refractivity contribution < 1.29 is 13.5 Å². The van der Waals surface area contributed by atoms with Crippen LogP contribution in [-0.2, 0) is 10.0 Å². The first-order chi connectivity index (χ1) is 8.45. The molecule has 0 spiro atoms. The Morgan fingerprint density at radius 3 is 2.78 bits per heavy atom. The number of nitrogens with zero attached hydrogens (tertiary/aromatic N) is 1. The summed E-state index contributed by atoms with van der Waals surface area (Å²) in [5.74, 6) is 0.0176. The molecule has 1 unspecified atom stereocenters. The summed E-state index contributed by atoms with van der Waals surface area (Å²) in [5, 5.41) is 9.27. The van der Waals surface area contributed by atoms with Gasteiger partial charge in [-0.2, -0.15) is 4.31 Å². The van der Waals surface area contributed by atoms with Gasteiger partial charge in [-0.3, -0.25) is 0 Å². The molecule has 18 heavy (non-hydrogen) atoms. The van der Waals surface area contributed by atoms with E-state index in [1.54, 1.807) is 0 Å². The van der Waals surface area contributed by atoms with E-state index in [0.717, 1.165) is 0 Å². The van der Waals surface area contributed by atoms with Gasteiger partial charge in [0.05, 0.1) is 15.6 Å². The lowest BCUT2D eigenvalue weighted by atomic mass is 10.1. The van der Waals surface area contributed by atoms with Gasteiger partial charge in [-0.25, -0.2) is 8.42 Å². The summed E-state index contributed by atoms with van der Waals surface area (Å²) in [6, 6.07) is 4.29. The Morgan fingerprint density at radius 2 is 2.22 bits per heavy atom. The first-order valence-corrected chi connectivity index (χ1v) is 7.43. The third kappa shape index (κ3) is 2.47. The van der Waals surface area contributed by atoms with Crippen molar-refractivity contribution in [2.75, 3.05) is 25.4 Å². The second-order valence-electron chi connectivity index (χ2n) is 4.38. The van der Waals surface area contributed by atoms with Crippen LogP contribution in [0.15, 0.2) is 23.1 Å². The summed E-state index contributed by atoms with van der Waals surface area (Å²) >= 11 is 5.83. The molecule has 3 N–H and O–H groups in total. The van der Waals surface area contributed by atoms with Crippen LogP contribution in [0.1, 0.15) is 6.42 Å². The number of rotatable bonds is 3. The topological polar surface area (TPSA) is 83.6 Å². The Labute approximate surface area is 111 Å². The molecule has 1 fully saturated rings. The number of nitrogen functional groups attached to an aromatic ring is 1. The van der Waals surface area contributed by atoms with Crippen LogP contribution in [0.3, 0.4) is 0 Å².